The number of rotatable bonds is 4. The van der Waals surface area contributed by atoms with Gasteiger partial charge in [0, 0.05) is 11.9 Å². The van der Waals surface area contributed by atoms with E-state index >= 15 is 0 Å². The van der Waals surface area contributed by atoms with Gasteiger partial charge in [-0.3, -0.25) is 0 Å². The maximum atomic E-state index is 10.9. The number of aromatic nitrogens is 1. The van der Waals surface area contributed by atoms with Gasteiger partial charge in [-0.05, 0) is 41.8 Å². The third-order valence-electron chi connectivity index (χ3n) is 3.37. The monoisotopic (exact) mass is 294 g/mol. The first-order valence-corrected chi connectivity index (χ1v) is 6.71. The van der Waals surface area contributed by atoms with Crippen molar-refractivity contribution in [3.05, 3.63) is 60.3 Å². The number of carboxylic acid groups (broad SMARTS) is 1. The Morgan fingerprint density at radius 1 is 1.14 bits per heavy atom. The third kappa shape index (κ3) is 2.56. The molecule has 0 radical (unpaired) electrons. The summed E-state index contributed by atoms with van der Waals surface area (Å²) in [6, 6.07) is 14.2. The van der Waals surface area contributed by atoms with Crippen LogP contribution in [0.3, 0.4) is 0 Å². The molecule has 0 aliphatic heterocycles. The minimum Gasteiger partial charge on any atom is -0.496 e. The number of fused-ring (bicyclic) bond motifs is 1. The number of nitrogens with one attached hydrogen (secondary N) is 1. The van der Waals surface area contributed by atoms with Gasteiger partial charge >= 0.3 is 5.97 Å². The molecular weight excluding hydrogens is 280 g/mol. The molecule has 0 unspecified atom stereocenters. The Bertz CT molecular complexity index is 824. The summed E-state index contributed by atoms with van der Waals surface area (Å²) in [5.41, 5.74) is 1.00. The lowest BCUT2D eigenvalue weighted by Gasteiger charge is -2.11. The van der Waals surface area contributed by atoms with Gasteiger partial charge in [-0.1, -0.05) is 12.1 Å². The summed E-state index contributed by atoms with van der Waals surface area (Å²) in [4.78, 5) is 15.2. The second-order valence-electron chi connectivity index (χ2n) is 4.73. The molecular formula is C17H14N2O3. The van der Waals surface area contributed by atoms with E-state index in [-0.39, 0.29) is 5.56 Å². The molecule has 5 nitrogen and oxygen atoms in total. The topological polar surface area (TPSA) is 71.5 Å². The van der Waals surface area contributed by atoms with E-state index in [1.807, 2.05) is 24.3 Å². The van der Waals surface area contributed by atoms with Crippen molar-refractivity contribution < 1.29 is 14.6 Å². The number of aromatic carboxylic acids is 1. The predicted molar refractivity (Wildman–Crippen MR) is 85.0 cm³/mol. The van der Waals surface area contributed by atoms with Crippen LogP contribution in [0.1, 0.15) is 10.4 Å². The van der Waals surface area contributed by atoms with Crippen molar-refractivity contribution >= 4 is 28.2 Å². The number of carboxylic acids is 1. The lowest BCUT2D eigenvalue weighted by atomic mass is 10.1. The standard InChI is InChI=1S/C17H14N2O3/c1-22-14-4-2-3-11-9-10-18-16(15(11)14)19-13-7-5-12(6-8-13)17(20)21/h2-10H,1H3,(H,18,19)(H,20,21). The summed E-state index contributed by atoms with van der Waals surface area (Å²) >= 11 is 0. The summed E-state index contributed by atoms with van der Waals surface area (Å²) in [6.45, 7) is 0. The Balaban J connectivity index is 2.01. The van der Waals surface area contributed by atoms with Gasteiger partial charge in [-0.15, -0.1) is 0 Å². The van der Waals surface area contributed by atoms with Crippen LogP contribution >= 0.6 is 0 Å². The van der Waals surface area contributed by atoms with Crippen molar-refractivity contribution in [1.82, 2.24) is 4.98 Å². The molecule has 0 saturated heterocycles. The molecule has 1 aromatic heterocycles. The second kappa shape index (κ2) is 5.73. The molecule has 1 heterocycles. The van der Waals surface area contributed by atoms with Crippen LogP contribution in [-0.2, 0) is 0 Å². The van der Waals surface area contributed by atoms with E-state index in [1.54, 1.807) is 37.6 Å². The van der Waals surface area contributed by atoms with Crippen molar-refractivity contribution in [2.24, 2.45) is 0 Å². The van der Waals surface area contributed by atoms with E-state index < -0.39 is 5.97 Å². The summed E-state index contributed by atoms with van der Waals surface area (Å²) in [7, 11) is 1.62. The minimum absolute atomic E-state index is 0.244. The van der Waals surface area contributed by atoms with Gasteiger partial charge in [0.05, 0.1) is 18.1 Å². The Labute approximate surface area is 127 Å². The fourth-order valence-corrected chi connectivity index (χ4v) is 2.29. The van der Waals surface area contributed by atoms with Crippen molar-refractivity contribution in [1.29, 1.82) is 0 Å². The molecule has 0 spiro atoms. The normalized spacial score (nSPS) is 10.4. The number of hydrogen-bond donors (Lipinski definition) is 2. The summed E-state index contributed by atoms with van der Waals surface area (Å²) < 4.78 is 5.40. The van der Waals surface area contributed by atoms with Crippen molar-refractivity contribution in [2.45, 2.75) is 0 Å². The number of anilines is 2. The van der Waals surface area contributed by atoms with Gasteiger partial charge in [0.25, 0.3) is 0 Å². The first kappa shape index (κ1) is 13.9. The van der Waals surface area contributed by atoms with E-state index in [0.717, 1.165) is 22.2 Å². The largest absolute Gasteiger partial charge is 0.496 e. The second-order valence-corrected chi connectivity index (χ2v) is 4.73. The van der Waals surface area contributed by atoms with E-state index in [4.69, 9.17) is 9.84 Å². The van der Waals surface area contributed by atoms with Gasteiger partial charge in [0.15, 0.2) is 0 Å². The molecule has 5 heteroatoms. The molecule has 0 aliphatic carbocycles. The number of pyridine rings is 1. The van der Waals surface area contributed by atoms with Crippen LogP contribution in [-0.4, -0.2) is 23.2 Å². The highest BCUT2D eigenvalue weighted by Gasteiger charge is 2.09. The lowest BCUT2D eigenvalue weighted by Crippen LogP contribution is -1.98. The van der Waals surface area contributed by atoms with Crippen LogP contribution in [0.25, 0.3) is 10.8 Å². The molecule has 110 valence electrons. The molecule has 0 atom stereocenters. The number of ether oxygens (including phenoxy) is 1. The SMILES string of the molecule is COc1cccc2ccnc(Nc3ccc(C(=O)O)cc3)c12. The van der Waals surface area contributed by atoms with Crippen molar-refractivity contribution in [2.75, 3.05) is 12.4 Å². The highest BCUT2D eigenvalue weighted by atomic mass is 16.5. The number of carbonyl (C=O) groups is 1. The predicted octanol–water partition coefficient (Wildman–Crippen LogP) is 3.69. The third-order valence-corrected chi connectivity index (χ3v) is 3.37. The molecule has 0 saturated carbocycles. The molecule has 22 heavy (non-hydrogen) atoms. The van der Waals surface area contributed by atoms with Gasteiger partial charge < -0.3 is 15.2 Å². The Morgan fingerprint density at radius 3 is 2.59 bits per heavy atom. The molecule has 3 aromatic rings. The maximum absolute atomic E-state index is 10.9. The average molecular weight is 294 g/mol. The Morgan fingerprint density at radius 2 is 1.91 bits per heavy atom. The molecule has 2 aromatic carbocycles. The zero-order chi connectivity index (χ0) is 15.5. The Hall–Kier alpha value is -3.08. The van der Waals surface area contributed by atoms with E-state index in [2.05, 4.69) is 10.3 Å². The van der Waals surface area contributed by atoms with Crippen LogP contribution in [0.5, 0.6) is 5.75 Å². The maximum Gasteiger partial charge on any atom is 0.335 e. The first-order valence-electron chi connectivity index (χ1n) is 6.71. The van der Waals surface area contributed by atoms with Gasteiger partial charge in [-0.2, -0.15) is 0 Å². The van der Waals surface area contributed by atoms with Gasteiger partial charge in [0.2, 0.25) is 0 Å². The zero-order valence-corrected chi connectivity index (χ0v) is 11.9. The number of benzene rings is 2. The van der Waals surface area contributed by atoms with Crippen LogP contribution in [0.15, 0.2) is 54.7 Å². The molecule has 3 rings (SSSR count). The van der Waals surface area contributed by atoms with Crippen molar-refractivity contribution in [3.63, 3.8) is 0 Å². The van der Waals surface area contributed by atoms with E-state index in [0.29, 0.717) is 5.82 Å². The first-order chi connectivity index (χ1) is 10.7. The lowest BCUT2D eigenvalue weighted by molar-refractivity contribution is 0.0697. The fraction of sp³-hybridized carbons (Fsp3) is 0.0588. The summed E-state index contributed by atoms with van der Waals surface area (Å²) in [5, 5.41) is 14.0. The smallest absolute Gasteiger partial charge is 0.335 e. The van der Waals surface area contributed by atoms with Crippen molar-refractivity contribution in [3.8, 4) is 5.75 Å². The van der Waals surface area contributed by atoms with E-state index in [1.165, 1.54) is 0 Å². The summed E-state index contributed by atoms with van der Waals surface area (Å²) in [6.07, 6.45) is 1.72. The molecule has 0 amide bonds. The minimum atomic E-state index is -0.948. The summed E-state index contributed by atoms with van der Waals surface area (Å²) in [5.74, 6) is 0.449. The number of methoxy groups -OCH3 is 1. The zero-order valence-electron chi connectivity index (χ0n) is 11.9. The van der Waals surface area contributed by atoms with Crippen LogP contribution in [0.2, 0.25) is 0 Å². The molecule has 0 bridgehead atoms. The number of nitrogens with zero attached hydrogens (tertiary/aromatic N) is 1. The average Bonchev–Trinajstić information content (AvgIpc) is 2.55. The fourth-order valence-electron chi connectivity index (χ4n) is 2.29. The molecule has 0 aliphatic rings. The molecule has 0 fully saturated rings. The van der Waals surface area contributed by atoms with Gasteiger partial charge in [-0.25, -0.2) is 9.78 Å². The van der Waals surface area contributed by atoms with Gasteiger partial charge in [0.1, 0.15) is 11.6 Å². The Kier molecular flexibility index (Phi) is 3.62. The quantitative estimate of drug-likeness (QED) is 0.768. The van der Waals surface area contributed by atoms with Crippen LogP contribution < -0.4 is 10.1 Å². The number of hydrogen-bond acceptors (Lipinski definition) is 4. The highest BCUT2D eigenvalue weighted by molar-refractivity contribution is 5.98. The van der Waals surface area contributed by atoms with Crippen LogP contribution in [0, 0.1) is 0 Å². The molecule has 2 N–H and O–H groups in total. The highest BCUT2D eigenvalue weighted by Crippen LogP contribution is 2.32. The van der Waals surface area contributed by atoms with E-state index in [9.17, 15) is 4.79 Å². The van der Waals surface area contributed by atoms with Crippen LogP contribution in [0.4, 0.5) is 11.5 Å².